The average Bonchev–Trinajstić information content (AvgIpc) is 2.46. The molecule has 106 valence electrons. The van der Waals surface area contributed by atoms with E-state index in [1.807, 2.05) is 11.8 Å². The summed E-state index contributed by atoms with van der Waals surface area (Å²) in [5.74, 6) is 2.45. The van der Waals surface area contributed by atoms with E-state index in [9.17, 15) is 0 Å². The van der Waals surface area contributed by atoms with Crippen LogP contribution in [0.1, 0.15) is 32.4 Å². The minimum absolute atomic E-state index is 0.478. The summed E-state index contributed by atoms with van der Waals surface area (Å²) in [6.07, 6.45) is 0. The van der Waals surface area contributed by atoms with Crippen LogP contribution in [-0.2, 0) is 0 Å². The molecule has 0 saturated carbocycles. The summed E-state index contributed by atoms with van der Waals surface area (Å²) >= 11 is 2.05. The van der Waals surface area contributed by atoms with E-state index < -0.39 is 0 Å². The molecule has 0 bridgehead atoms. The Bertz CT molecular complexity index is 368. The lowest BCUT2D eigenvalue weighted by molar-refractivity contribution is 0.109. The molecule has 19 heavy (non-hydrogen) atoms. The second-order valence-corrected chi connectivity index (χ2v) is 6.74. The van der Waals surface area contributed by atoms with Crippen molar-refractivity contribution in [1.29, 1.82) is 0 Å². The normalized spacial score (nSPS) is 26.3. The second-order valence-electron chi connectivity index (χ2n) is 5.43. The van der Waals surface area contributed by atoms with E-state index in [1.54, 1.807) is 0 Å². The predicted octanol–water partition coefficient (Wildman–Crippen LogP) is 3.16. The van der Waals surface area contributed by atoms with Crippen LogP contribution in [0.4, 0.5) is 0 Å². The van der Waals surface area contributed by atoms with Crippen molar-refractivity contribution in [2.45, 2.75) is 38.9 Å². The van der Waals surface area contributed by atoms with Crippen LogP contribution in [0.5, 0.6) is 0 Å². The summed E-state index contributed by atoms with van der Waals surface area (Å²) < 4.78 is 0. The summed E-state index contributed by atoms with van der Waals surface area (Å²) in [4.78, 5) is 2.66. The number of nitrogens with zero attached hydrogens (tertiary/aromatic N) is 1. The number of rotatable bonds is 5. The van der Waals surface area contributed by atoms with Crippen molar-refractivity contribution in [1.82, 2.24) is 10.2 Å². The van der Waals surface area contributed by atoms with Gasteiger partial charge in [0, 0.05) is 37.0 Å². The zero-order chi connectivity index (χ0) is 13.7. The third kappa shape index (κ3) is 3.98. The molecule has 0 aromatic heterocycles. The van der Waals surface area contributed by atoms with Gasteiger partial charge in [0.2, 0.25) is 0 Å². The van der Waals surface area contributed by atoms with Crippen molar-refractivity contribution in [3.8, 4) is 0 Å². The first kappa shape index (κ1) is 14.9. The van der Waals surface area contributed by atoms with Gasteiger partial charge in [0.25, 0.3) is 0 Å². The largest absolute Gasteiger partial charge is 0.307 e. The second kappa shape index (κ2) is 7.32. The summed E-state index contributed by atoms with van der Waals surface area (Å²) in [5, 5.41) is 3.68. The number of nitrogens with one attached hydrogen (secondary N) is 1. The molecule has 0 spiro atoms. The molecule has 1 heterocycles. The zero-order valence-corrected chi connectivity index (χ0v) is 13.1. The number of benzene rings is 1. The fourth-order valence-corrected chi connectivity index (χ4v) is 3.56. The molecule has 1 fully saturated rings. The molecule has 0 radical (unpaired) electrons. The van der Waals surface area contributed by atoms with Crippen LogP contribution in [0.3, 0.4) is 0 Å². The van der Waals surface area contributed by atoms with Gasteiger partial charge in [-0.25, -0.2) is 0 Å². The maximum Gasteiger partial charge on any atom is 0.0450 e. The molecule has 1 aliphatic heterocycles. The highest BCUT2D eigenvalue weighted by molar-refractivity contribution is 7.99. The molecule has 0 amide bonds. The lowest BCUT2D eigenvalue weighted by atomic mass is 10.0. The van der Waals surface area contributed by atoms with Crippen LogP contribution in [-0.4, -0.2) is 41.6 Å². The number of hydrogen-bond donors (Lipinski definition) is 1. The molecular formula is C16H26N2S. The quantitative estimate of drug-likeness (QED) is 0.890. The van der Waals surface area contributed by atoms with Crippen molar-refractivity contribution < 1.29 is 0 Å². The Morgan fingerprint density at radius 2 is 2.11 bits per heavy atom. The van der Waals surface area contributed by atoms with Crippen molar-refractivity contribution in [2.75, 3.05) is 24.6 Å². The van der Waals surface area contributed by atoms with Gasteiger partial charge in [-0.3, -0.25) is 4.90 Å². The lowest BCUT2D eigenvalue weighted by Crippen LogP contribution is -2.55. The molecule has 1 aromatic rings. The van der Waals surface area contributed by atoms with Gasteiger partial charge in [-0.05, 0) is 25.2 Å². The highest BCUT2D eigenvalue weighted by Gasteiger charge is 2.28. The maximum atomic E-state index is 3.68. The molecule has 2 rings (SSSR count). The Hall–Kier alpha value is -0.510. The zero-order valence-electron chi connectivity index (χ0n) is 12.3. The molecule has 1 aromatic carbocycles. The molecule has 3 unspecified atom stereocenters. The van der Waals surface area contributed by atoms with E-state index in [1.165, 1.54) is 17.1 Å². The average molecular weight is 278 g/mol. The summed E-state index contributed by atoms with van der Waals surface area (Å²) in [6.45, 7) is 9.15. The van der Waals surface area contributed by atoms with E-state index in [-0.39, 0.29) is 0 Å². The van der Waals surface area contributed by atoms with Gasteiger partial charge < -0.3 is 5.32 Å². The summed E-state index contributed by atoms with van der Waals surface area (Å²) in [6, 6.07) is 12.6. The highest BCUT2D eigenvalue weighted by atomic mass is 32.2. The van der Waals surface area contributed by atoms with Crippen molar-refractivity contribution in [2.24, 2.45) is 0 Å². The molecule has 3 atom stereocenters. The van der Waals surface area contributed by atoms with Crippen molar-refractivity contribution >= 4 is 11.8 Å². The monoisotopic (exact) mass is 278 g/mol. The van der Waals surface area contributed by atoms with Crippen LogP contribution in [0.25, 0.3) is 0 Å². The fourth-order valence-electron chi connectivity index (χ4n) is 2.79. The van der Waals surface area contributed by atoms with E-state index >= 15 is 0 Å². The predicted molar refractivity (Wildman–Crippen MR) is 85.8 cm³/mol. The maximum absolute atomic E-state index is 3.68. The van der Waals surface area contributed by atoms with Gasteiger partial charge >= 0.3 is 0 Å². The molecular weight excluding hydrogens is 252 g/mol. The van der Waals surface area contributed by atoms with Crippen LogP contribution >= 0.6 is 11.8 Å². The fraction of sp³-hybridized carbons (Fsp3) is 0.625. The Morgan fingerprint density at radius 1 is 1.37 bits per heavy atom. The van der Waals surface area contributed by atoms with E-state index in [0.717, 1.165) is 13.1 Å². The van der Waals surface area contributed by atoms with E-state index in [4.69, 9.17) is 0 Å². The molecule has 1 N–H and O–H groups in total. The minimum atomic E-state index is 0.478. The molecule has 0 aliphatic carbocycles. The first-order chi connectivity index (χ1) is 9.22. The smallest absolute Gasteiger partial charge is 0.0450 e. The number of hydrogen-bond acceptors (Lipinski definition) is 3. The van der Waals surface area contributed by atoms with Crippen LogP contribution < -0.4 is 5.32 Å². The summed E-state index contributed by atoms with van der Waals surface area (Å²) in [5.41, 5.74) is 1.41. The first-order valence-corrected chi connectivity index (χ1v) is 8.49. The minimum Gasteiger partial charge on any atom is -0.307 e. The third-order valence-corrected chi connectivity index (χ3v) is 5.08. The Labute approximate surface area is 122 Å². The van der Waals surface area contributed by atoms with Gasteiger partial charge in [0.1, 0.15) is 0 Å². The van der Waals surface area contributed by atoms with Gasteiger partial charge in [0.15, 0.2) is 0 Å². The van der Waals surface area contributed by atoms with Gasteiger partial charge in [0.05, 0.1) is 0 Å². The van der Waals surface area contributed by atoms with Gasteiger partial charge in [-0.1, -0.05) is 37.3 Å². The van der Waals surface area contributed by atoms with Gasteiger partial charge in [-0.15, -0.1) is 0 Å². The first-order valence-electron chi connectivity index (χ1n) is 7.34. The molecule has 3 heteroatoms. The van der Waals surface area contributed by atoms with E-state index in [0.29, 0.717) is 18.1 Å². The van der Waals surface area contributed by atoms with Crippen molar-refractivity contribution in [3.63, 3.8) is 0 Å². The van der Waals surface area contributed by atoms with Crippen LogP contribution in [0, 0.1) is 0 Å². The highest BCUT2D eigenvalue weighted by Crippen LogP contribution is 2.22. The van der Waals surface area contributed by atoms with Crippen LogP contribution in [0.2, 0.25) is 0 Å². The molecule has 2 nitrogen and oxygen atoms in total. The third-order valence-electron chi connectivity index (χ3n) is 3.95. The molecule has 1 saturated heterocycles. The number of piperazine rings is 1. The van der Waals surface area contributed by atoms with E-state index in [2.05, 4.69) is 61.3 Å². The van der Waals surface area contributed by atoms with Gasteiger partial charge in [-0.2, -0.15) is 11.8 Å². The lowest BCUT2D eigenvalue weighted by Gasteiger charge is -2.42. The summed E-state index contributed by atoms with van der Waals surface area (Å²) in [7, 11) is 0. The Balaban J connectivity index is 1.99. The topological polar surface area (TPSA) is 15.3 Å². The van der Waals surface area contributed by atoms with Crippen LogP contribution in [0.15, 0.2) is 30.3 Å². The SMILES string of the molecule is CCSCC(C)N1CC(c2ccccc2)NCC1C. The Kier molecular flexibility index (Phi) is 5.74. The Morgan fingerprint density at radius 3 is 2.79 bits per heavy atom. The standard InChI is InChI=1S/C16H26N2S/c1-4-19-12-14(3)18-11-16(17-10-13(18)2)15-8-6-5-7-9-15/h5-9,13-14,16-17H,4,10-12H2,1-3H3. The number of thioether (sulfide) groups is 1. The molecule has 1 aliphatic rings. The van der Waals surface area contributed by atoms with Crippen molar-refractivity contribution in [3.05, 3.63) is 35.9 Å².